The Kier molecular flexibility index (Phi) is 3.52. The van der Waals surface area contributed by atoms with E-state index in [0.29, 0.717) is 16.9 Å². The van der Waals surface area contributed by atoms with Gasteiger partial charge in [-0.2, -0.15) is 18.3 Å². The van der Waals surface area contributed by atoms with Crippen molar-refractivity contribution in [3.63, 3.8) is 0 Å². The van der Waals surface area contributed by atoms with Crippen molar-refractivity contribution in [2.24, 2.45) is 7.05 Å². The molecule has 1 N–H and O–H groups in total. The minimum Gasteiger partial charge on any atom is -0.322 e. The summed E-state index contributed by atoms with van der Waals surface area (Å²) in [5.41, 5.74) is 0.476. The number of hydrogen-bond donors (Lipinski definition) is 1. The molecule has 7 heteroatoms. The standard InChI is InChI=1S/C13H12F3N3O/c1-8-11(7-19(2)18-8)12(20)17-10-5-3-9(4-6-10)13(14,15)16/h3-7H,1-2H3,(H,17,20). The largest absolute Gasteiger partial charge is 0.416 e. The number of nitrogens with zero attached hydrogens (tertiary/aromatic N) is 2. The quantitative estimate of drug-likeness (QED) is 0.921. The number of nitrogens with one attached hydrogen (secondary N) is 1. The normalized spacial score (nSPS) is 11.4. The van der Waals surface area contributed by atoms with Gasteiger partial charge in [-0.15, -0.1) is 0 Å². The van der Waals surface area contributed by atoms with Crippen LogP contribution in [-0.2, 0) is 13.2 Å². The van der Waals surface area contributed by atoms with Crippen LogP contribution >= 0.6 is 0 Å². The molecule has 0 spiro atoms. The Labute approximate surface area is 113 Å². The van der Waals surface area contributed by atoms with Crippen molar-refractivity contribution in [3.05, 3.63) is 47.3 Å². The lowest BCUT2D eigenvalue weighted by Gasteiger charge is -2.08. The third-order valence-corrected chi connectivity index (χ3v) is 2.73. The molecule has 106 valence electrons. The molecule has 0 aliphatic rings. The minimum absolute atomic E-state index is 0.297. The Morgan fingerprint density at radius 1 is 1.25 bits per heavy atom. The van der Waals surface area contributed by atoms with E-state index in [1.807, 2.05) is 0 Å². The molecule has 2 rings (SSSR count). The van der Waals surface area contributed by atoms with Crippen LogP contribution in [0.5, 0.6) is 0 Å². The highest BCUT2D eigenvalue weighted by Crippen LogP contribution is 2.29. The van der Waals surface area contributed by atoms with Gasteiger partial charge in [-0.3, -0.25) is 9.48 Å². The third-order valence-electron chi connectivity index (χ3n) is 2.73. The highest BCUT2D eigenvalue weighted by molar-refractivity contribution is 6.04. The summed E-state index contributed by atoms with van der Waals surface area (Å²) in [6, 6.07) is 4.27. The molecule has 0 bridgehead atoms. The van der Waals surface area contributed by atoms with E-state index < -0.39 is 17.6 Å². The van der Waals surface area contributed by atoms with E-state index in [1.54, 1.807) is 20.2 Å². The molecule has 1 aromatic heterocycles. The maximum atomic E-state index is 12.4. The van der Waals surface area contributed by atoms with Gasteiger partial charge in [0.1, 0.15) is 0 Å². The Balaban J connectivity index is 2.14. The lowest BCUT2D eigenvalue weighted by molar-refractivity contribution is -0.137. The number of aromatic nitrogens is 2. The van der Waals surface area contributed by atoms with Gasteiger partial charge in [-0.25, -0.2) is 0 Å². The van der Waals surface area contributed by atoms with Gasteiger partial charge < -0.3 is 5.32 Å². The van der Waals surface area contributed by atoms with Crippen LogP contribution in [0.4, 0.5) is 18.9 Å². The summed E-state index contributed by atoms with van der Waals surface area (Å²) in [7, 11) is 1.68. The lowest BCUT2D eigenvalue weighted by atomic mass is 10.2. The maximum Gasteiger partial charge on any atom is 0.416 e. The van der Waals surface area contributed by atoms with E-state index in [0.717, 1.165) is 12.1 Å². The summed E-state index contributed by atoms with van der Waals surface area (Å²) in [6.45, 7) is 1.68. The van der Waals surface area contributed by atoms with Crippen LogP contribution in [0.2, 0.25) is 0 Å². The van der Waals surface area contributed by atoms with Crippen molar-refractivity contribution in [2.45, 2.75) is 13.1 Å². The van der Waals surface area contributed by atoms with Gasteiger partial charge in [0.2, 0.25) is 0 Å². The number of carbonyl (C=O) groups is 1. The SMILES string of the molecule is Cc1nn(C)cc1C(=O)Nc1ccc(C(F)(F)F)cc1. The van der Waals surface area contributed by atoms with Crippen molar-refractivity contribution in [1.29, 1.82) is 0 Å². The zero-order chi connectivity index (χ0) is 14.9. The van der Waals surface area contributed by atoms with Crippen LogP contribution in [-0.4, -0.2) is 15.7 Å². The van der Waals surface area contributed by atoms with Crippen LogP contribution in [0.25, 0.3) is 0 Å². The van der Waals surface area contributed by atoms with Crippen molar-refractivity contribution < 1.29 is 18.0 Å². The van der Waals surface area contributed by atoms with Gasteiger partial charge in [-0.05, 0) is 31.2 Å². The number of carbonyl (C=O) groups excluding carboxylic acids is 1. The summed E-state index contributed by atoms with van der Waals surface area (Å²) in [4.78, 5) is 11.9. The summed E-state index contributed by atoms with van der Waals surface area (Å²) < 4.78 is 38.7. The van der Waals surface area contributed by atoms with E-state index in [2.05, 4.69) is 10.4 Å². The molecule has 0 radical (unpaired) electrons. The summed E-state index contributed by atoms with van der Waals surface area (Å²) >= 11 is 0. The van der Waals surface area contributed by atoms with Gasteiger partial charge in [0, 0.05) is 18.9 Å². The number of hydrogen-bond acceptors (Lipinski definition) is 2. The zero-order valence-corrected chi connectivity index (χ0v) is 10.8. The second-order valence-electron chi connectivity index (χ2n) is 4.33. The first-order valence-electron chi connectivity index (χ1n) is 5.76. The first-order valence-corrected chi connectivity index (χ1v) is 5.76. The summed E-state index contributed by atoms with van der Waals surface area (Å²) in [5.74, 6) is -0.407. The number of benzene rings is 1. The molecule has 0 saturated carbocycles. The summed E-state index contributed by atoms with van der Waals surface area (Å²) in [5, 5.41) is 6.56. The van der Waals surface area contributed by atoms with E-state index in [-0.39, 0.29) is 0 Å². The Morgan fingerprint density at radius 2 is 1.85 bits per heavy atom. The van der Waals surface area contributed by atoms with E-state index >= 15 is 0 Å². The van der Waals surface area contributed by atoms with Gasteiger partial charge in [0.05, 0.1) is 16.8 Å². The first-order chi connectivity index (χ1) is 9.27. The molecule has 20 heavy (non-hydrogen) atoms. The average molecular weight is 283 g/mol. The van der Waals surface area contributed by atoms with Crippen molar-refractivity contribution >= 4 is 11.6 Å². The molecule has 1 amide bonds. The molecule has 0 aliphatic carbocycles. The van der Waals surface area contributed by atoms with E-state index in [1.165, 1.54) is 16.8 Å². The van der Waals surface area contributed by atoms with Crippen LogP contribution in [0, 0.1) is 6.92 Å². The first kappa shape index (κ1) is 14.1. The van der Waals surface area contributed by atoms with E-state index in [4.69, 9.17) is 0 Å². The second-order valence-corrected chi connectivity index (χ2v) is 4.33. The number of halogens is 3. The van der Waals surface area contributed by atoms with Gasteiger partial charge in [0.15, 0.2) is 0 Å². The molecule has 2 aromatic rings. The lowest BCUT2D eigenvalue weighted by Crippen LogP contribution is -2.12. The van der Waals surface area contributed by atoms with Crippen LogP contribution in [0.15, 0.2) is 30.5 Å². The fourth-order valence-electron chi connectivity index (χ4n) is 1.76. The average Bonchev–Trinajstić information content (AvgIpc) is 2.68. The van der Waals surface area contributed by atoms with Gasteiger partial charge >= 0.3 is 6.18 Å². The highest BCUT2D eigenvalue weighted by Gasteiger charge is 2.30. The van der Waals surface area contributed by atoms with Crippen molar-refractivity contribution in [2.75, 3.05) is 5.32 Å². The predicted octanol–water partition coefficient (Wildman–Crippen LogP) is 3.00. The van der Waals surface area contributed by atoms with Gasteiger partial charge in [-0.1, -0.05) is 0 Å². The minimum atomic E-state index is -4.39. The van der Waals surface area contributed by atoms with Crippen LogP contribution in [0.1, 0.15) is 21.6 Å². The van der Waals surface area contributed by atoms with Crippen molar-refractivity contribution in [3.8, 4) is 0 Å². The number of aryl methyl sites for hydroxylation is 2. The molecule has 0 saturated heterocycles. The molecule has 0 unspecified atom stereocenters. The number of anilines is 1. The zero-order valence-electron chi connectivity index (χ0n) is 10.8. The molecular weight excluding hydrogens is 271 g/mol. The molecule has 1 aromatic carbocycles. The maximum absolute atomic E-state index is 12.4. The number of rotatable bonds is 2. The second kappa shape index (κ2) is 4.99. The topological polar surface area (TPSA) is 46.9 Å². The molecule has 0 aliphatic heterocycles. The number of amides is 1. The smallest absolute Gasteiger partial charge is 0.322 e. The number of alkyl halides is 3. The Bertz CT molecular complexity index is 629. The van der Waals surface area contributed by atoms with E-state index in [9.17, 15) is 18.0 Å². The Hall–Kier alpha value is -2.31. The summed E-state index contributed by atoms with van der Waals surface area (Å²) in [6.07, 6.45) is -2.84. The molecular formula is C13H12F3N3O. The monoisotopic (exact) mass is 283 g/mol. The predicted molar refractivity (Wildman–Crippen MR) is 67.3 cm³/mol. The third kappa shape index (κ3) is 2.98. The molecule has 0 fully saturated rings. The van der Waals surface area contributed by atoms with Crippen molar-refractivity contribution in [1.82, 2.24) is 9.78 Å². The highest BCUT2D eigenvalue weighted by atomic mass is 19.4. The Morgan fingerprint density at radius 3 is 2.30 bits per heavy atom. The van der Waals surface area contributed by atoms with Gasteiger partial charge in [0.25, 0.3) is 5.91 Å². The fourth-order valence-corrected chi connectivity index (χ4v) is 1.76. The van der Waals surface area contributed by atoms with Crippen LogP contribution < -0.4 is 5.32 Å². The molecule has 1 heterocycles. The van der Waals surface area contributed by atoms with Crippen LogP contribution in [0.3, 0.4) is 0 Å². The molecule has 0 atom stereocenters. The fraction of sp³-hybridized carbons (Fsp3) is 0.231. The molecule has 4 nitrogen and oxygen atoms in total.